The Morgan fingerprint density at radius 3 is 2.39 bits per heavy atom. The molecule has 4 saturated carbocycles. The van der Waals surface area contributed by atoms with E-state index in [2.05, 4.69) is 34.6 Å². The first-order valence-electron chi connectivity index (χ1n) is 13.4. The van der Waals surface area contributed by atoms with E-state index in [1.165, 1.54) is 44.9 Å². The molecule has 3 nitrogen and oxygen atoms in total. The molecule has 0 aromatic carbocycles. The van der Waals surface area contributed by atoms with Crippen molar-refractivity contribution in [1.82, 2.24) is 0 Å². The number of fused-ring (bicyclic) bond motifs is 5. The van der Waals surface area contributed by atoms with Crippen molar-refractivity contribution < 1.29 is 14.6 Å². The SMILES string of the molecule is CC[C@H]1C(OC(C)=O)C2C3CC[C@H]([C@H](C)CCO)[C@@]3(C)CCC2[C@@]2(C)CC[C@@H](C)C[C@@H]12. The van der Waals surface area contributed by atoms with Crippen molar-refractivity contribution in [3.63, 3.8) is 0 Å². The van der Waals surface area contributed by atoms with E-state index in [0.29, 0.717) is 58.9 Å². The van der Waals surface area contributed by atoms with Gasteiger partial charge in [0.2, 0.25) is 0 Å². The van der Waals surface area contributed by atoms with Crippen LogP contribution < -0.4 is 0 Å². The normalized spacial score (nSPS) is 50.2. The molecule has 0 heterocycles. The lowest BCUT2D eigenvalue weighted by atomic mass is 9.41. The van der Waals surface area contributed by atoms with Crippen LogP contribution in [0.1, 0.15) is 99.3 Å². The molecule has 0 amide bonds. The molecule has 0 saturated heterocycles. The Balaban J connectivity index is 1.73. The lowest BCUT2D eigenvalue weighted by Crippen LogP contribution is -2.62. The molecule has 0 bridgehead atoms. The number of hydrogen-bond acceptors (Lipinski definition) is 3. The summed E-state index contributed by atoms with van der Waals surface area (Å²) in [6.07, 6.45) is 11.4. The zero-order valence-corrected chi connectivity index (χ0v) is 21.0. The van der Waals surface area contributed by atoms with Crippen molar-refractivity contribution in [3.05, 3.63) is 0 Å². The molecule has 11 atom stereocenters. The third kappa shape index (κ3) is 3.69. The zero-order valence-electron chi connectivity index (χ0n) is 21.0. The van der Waals surface area contributed by atoms with Gasteiger partial charge in [0.05, 0.1) is 0 Å². The Bertz CT molecular complexity index is 661. The first kappa shape index (κ1) is 23.6. The predicted octanol–water partition coefficient (Wildman–Crippen LogP) is 6.48. The average molecular weight is 433 g/mol. The van der Waals surface area contributed by atoms with Crippen LogP contribution in [0.25, 0.3) is 0 Å². The highest BCUT2D eigenvalue weighted by atomic mass is 16.5. The van der Waals surface area contributed by atoms with E-state index >= 15 is 0 Å². The molecule has 0 aromatic rings. The van der Waals surface area contributed by atoms with E-state index in [1.807, 2.05) is 0 Å². The molecule has 4 rings (SSSR count). The quantitative estimate of drug-likeness (QED) is 0.506. The number of hydrogen-bond donors (Lipinski definition) is 1. The lowest BCUT2D eigenvalue weighted by molar-refractivity contribution is -0.213. The van der Waals surface area contributed by atoms with Gasteiger partial charge in [0.1, 0.15) is 6.10 Å². The summed E-state index contributed by atoms with van der Waals surface area (Å²) in [6.45, 7) is 14.2. The fourth-order valence-corrected chi connectivity index (χ4v) is 9.88. The first-order chi connectivity index (χ1) is 14.7. The topological polar surface area (TPSA) is 46.5 Å². The Labute approximate surface area is 191 Å². The summed E-state index contributed by atoms with van der Waals surface area (Å²) in [6, 6.07) is 0. The summed E-state index contributed by atoms with van der Waals surface area (Å²) in [7, 11) is 0. The first-order valence-corrected chi connectivity index (χ1v) is 13.4. The second-order valence-electron chi connectivity index (χ2n) is 12.6. The Kier molecular flexibility index (Phi) is 6.58. The highest BCUT2D eigenvalue weighted by Gasteiger charge is 2.65. The summed E-state index contributed by atoms with van der Waals surface area (Å²) in [4.78, 5) is 12.3. The van der Waals surface area contributed by atoms with E-state index in [-0.39, 0.29) is 12.1 Å². The van der Waals surface area contributed by atoms with Crippen molar-refractivity contribution in [2.45, 2.75) is 105 Å². The van der Waals surface area contributed by atoms with Gasteiger partial charge in [-0.15, -0.1) is 0 Å². The second kappa shape index (κ2) is 8.65. The number of aliphatic hydroxyl groups is 1. The molecule has 0 aliphatic heterocycles. The van der Waals surface area contributed by atoms with Gasteiger partial charge in [0, 0.05) is 19.4 Å². The van der Waals surface area contributed by atoms with Crippen LogP contribution in [-0.4, -0.2) is 23.8 Å². The third-order valence-corrected chi connectivity index (χ3v) is 11.3. The van der Waals surface area contributed by atoms with E-state index in [4.69, 9.17) is 4.74 Å². The molecule has 4 unspecified atom stereocenters. The maximum absolute atomic E-state index is 12.3. The van der Waals surface area contributed by atoms with E-state index < -0.39 is 0 Å². The third-order valence-electron chi connectivity index (χ3n) is 11.3. The fourth-order valence-electron chi connectivity index (χ4n) is 9.88. The molecular formula is C28H48O3. The number of ether oxygens (including phenoxy) is 1. The number of rotatable bonds is 5. The maximum atomic E-state index is 12.3. The number of carbonyl (C=O) groups is 1. The van der Waals surface area contributed by atoms with Crippen molar-refractivity contribution in [2.24, 2.45) is 58.2 Å². The van der Waals surface area contributed by atoms with Gasteiger partial charge >= 0.3 is 5.97 Å². The Hall–Kier alpha value is -0.570. The molecule has 0 aromatic heterocycles. The summed E-state index contributed by atoms with van der Waals surface area (Å²) in [5, 5.41) is 9.60. The van der Waals surface area contributed by atoms with Crippen LogP contribution in [0.3, 0.4) is 0 Å². The molecular weight excluding hydrogens is 384 g/mol. The summed E-state index contributed by atoms with van der Waals surface area (Å²) >= 11 is 0. The molecule has 31 heavy (non-hydrogen) atoms. The maximum Gasteiger partial charge on any atom is 0.302 e. The minimum absolute atomic E-state index is 0.0786. The smallest absolute Gasteiger partial charge is 0.302 e. The molecule has 4 aliphatic carbocycles. The van der Waals surface area contributed by atoms with Crippen LogP contribution in [0, 0.1) is 58.2 Å². The van der Waals surface area contributed by atoms with Crippen molar-refractivity contribution in [2.75, 3.05) is 6.61 Å². The number of carbonyl (C=O) groups excluding carboxylic acids is 1. The zero-order chi connectivity index (χ0) is 22.6. The molecule has 4 fully saturated rings. The predicted molar refractivity (Wildman–Crippen MR) is 125 cm³/mol. The summed E-state index contributed by atoms with van der Waals surface area (Å²) < 4.78 is 6.31. The van der Waals surface area contributed by atoms with E-state index in [0.717, 1.165) is 18.8 Å². The molecule has 4 aliphatic rings. The second-order valence-corrected chi connectivity index (χ2v) is 12.6. The largest absolute Gasteiger partial charge is 0.462 e. The van der Waals surface area contributed by atoms with Gasteiger partial charge in [-0.05, 0) is 104 Å². The average Bonchev–Trinajstić information content (AvgIpc) is 3.06. The molecule has 0 radical (unpaired) electrons. The Morgan fingerprint density at radius 2 is 1.74 bits per heavy atom. The van der Waals surface area contributed by atoms with Gasteiger partial charge in [-0.25, -0.2) is 0 Å². The van der Waals surface area contributed by atoms with Gasteiger partial charge in [-0.1, -0.05) is 41.0 Å². The van der Waals surface area contributed by atoms with Gasteiger partial charge in [-0.3, -0.25) is 4.79 Å². The van der Waals surface area contributed by atoms with Gasteiger partial charge in [0.15, 0.2) is 0 Å². The molecule has 0 spiro atoms. The van der Waals surface area contributed by atoms with E-state index in [9.17, 15) is 9.90 Å². The van der Waals surface area contributed by atoms with Crippen LogP contribution in [0.2, 0.25) is 0 Å². The van der Waals surface area contributed by atoms with Crippen molar-refractivity contribution in [1.29, 1.82) is 0 Å². The molecule has 1 N–H and O–H groups in total. The van der Waals surface area contributed by atoms with Gasteiger partial charge in [-0.2, -0.15) is 0 Å². The van der Waals surface area contributed by atoms with Crippen LogP contribution in [0.4, 0.5) is 0 Å². The molecule has 178 valence electrons. The minimum Gasteiger partial charge on any atom is -0.462 e. The lowest BCUT2D eigenvalue weighted by Gasteiger charge is -2.65. The summed E-state index contributed by atoms with van der Waals surface area (Å²) in [5.74, 6) is 5.07. The van der Waals surface area contributed by atoms with Crippen molar-refractivity contribution in [3.8, 4) is 0 Å². The monoisotopic (exact) mass is 432 g/mol. The Morgan fingerprint density at radius 1 is 1.06 bits per heavy atom. The fraction of sp³-hybridized carbons (Fsp3) is 0.964. The van der Waals surface area contributed by atoms with Crippen LogP contribution in [0.5, 0.6) is 0 Å². The van der Waals surface area contributed by atoms with Gasteiger partial charge in [0.25, 0.3) is 0 Å². The summed E-state index contributed by atoms with van der Waals surface area (Å²) in [5.41, 5.74) is 0.738. The standard InChI is InChI=1S/C28H48O3/c1-7-20-24-16-17(2)10-13-28(24,6)23-11-14-27(5)21(18(3)12-15-29)8-9-22(27)25(23)26(20)31-19(4)30/h17-18,20-26,29H,7-16H2,1-6H3/t17-,18-,20-,21-,22?,23?,24+,25?,26?,27-,28-/m1/s1. The van der Waals surface area contributed by atoms with Crippen LogP contribution >= 0.6 is 0 Å². The van der Waals surface area contributed by atoms with E-state index in [1.54, 1.807) is 6.92 Å². The van der Waals surface area contributed by atoms with Crippen LogP contribution in [0.15, 0.2) is 0 Å². The van der Waals surface area contributed by atoms with Gasteiger partial charge < -0.3 is 9.84 Å². The minimum atomic E-state index is -0.0786. The highest BCUT2D eigenvalue weighted by Crippen LogP contribution is 2.70. The highest BCUT2D eigenvalue weighted by molar-refractivity contribution is 5.66. The van der Waals surface area contributed by atoms with Crippen LogP contribution in [-0.2, 0) is 9.53 Å². The number of aliphatic hydroxyl groups excluding tert-OH is 1. The molecule has 3 heteroatoms. The number of esters is 1. The van der Waals surface area contributed by atoms with Crippen molar-refractivity contribution >= 4 is 5.97 Å².